The lowest BCUT2D eigenvalue weighted by Gasteiger charge is -2.20. The Kier molecular flexibility index (Phi) is 34.5. The zero-order chi connectivity index (χ0) is 42.5. The van der Waals surface area contributed by atoms with Gasteiger partial charge in [0.2, 0.25) is 0 Å². The van der Waals surface area contributed by atoms with Gasteiger partial charge in [-0.25, -0.2) is 4.57 Å². The molecular weight excluding hydrogens is 759 g/mol. The quantitative estimate of drug-likeness (QED) is 0.0177. The van der Waals surface area contributed by atoms with Crippen LogP contribution in [0.1, 0.15) is 188 Å². The number of phosphoric acid groups is 1. The van der Waals surface area contributed by atoms with E-state index in [0.29, 0.717) is 19.3 Å². The van der Waals surface area contributed by atoms with Crippen molar-refractivity contribution < 1.29 is 52.5 Å². The number of epoxide rings is 1. The zero-order valence-electron chi connectivity index (χ0n) is 36.6. The highest BCUT2D eigenvalue weighted by atomic mass is 31.2. The molecule has 1 aliphatic rings. The summed E-state index contributed by atoms with van der Waals surface area (Å²) in [7, 11) is -4.64. The van der Waals surface area contributed by atoms with Crippen molar-refractivity contribution in [1.29, 1.82) is 0 Å². The van der Waals surface area contributed by atoms with Gasteiger partial charge < -0.3 is 29.3 Å². The third kappa shape index (κ3) is 35.0. The van der Waals surface area contributed by atoms with Gasteiger partial charge in [0.1, 0.15) is 12.7 Å². The highest BCUT2D eigenvalue weighted by molar-refractivity contribution is 7.47. The maximum absolute atomic E-state index is 12.7. The molecule has 0 aromatic heterocycles. The number of aliphatic hydroxyl groups excluding tert-OH is 2. The van der Waals surface area contributed by atoms with Crippen molar-refractivity contribution >= 4 is 19.8 Å². The molecule has 0 spiro atoms. The number of aliphatic hydroxyl groups is 2. The topological polar surface area (TPSA) is 161 Å². The van der Waals surface area contributed by atoms with Crippen LogP contribution in [0.5, 0.6) is 0 Å². The summed E-state index contributed by atoms with van der Waals surface area (Å²) in [6, 6.07) is 0. The van der Waals surface area contributed by atoms with Crippen LogP contribution in [0.25, 0.3) is 0 Å². The average molecular weight is 843 g/mol. The Morgan fingerprint density at radius 1 is 0.672 bits per heavy atom. The number of rotatable bonds is 41. The molecule has 0 aliphatic carbocycles. The molecule has 1 fully saturated rings. The summed E-state index contributed by atoms with van der Waals surface area (Å²) in [4.78, 5) is 35.2. The molecule has 1 saturated heterocycles. The molecule has 12 heteroatoms. The molecule has 1 rings (SSSR count). The molecule has 0 aromatic carbocycles. The van der Waals surface area contributed by atoms with E-state index in [4.69, 9.17) is 28.4 Å². The maximum Gasteiger partial charge on any atom is 0.472 e. The van der Waals surface area contributed by atoms with Crippen LogP contribution in [0.2, 0.25) is 0 Å². The number of carbonyl (C=O) groups excluding carboxylic acids is 2. The summed E-state index contributed by atoms with van der Waals surface area (Å²) in [6.45, 7) is 4.62. The average Bonchev–Trinajstić information content (AvgIpc) is 3.95. The summed E-state index contributed by atoms with van der Waals surface area (Å²) in [5.74, 6) is -0.176. The fourth-order valence-corrected chi connectivity index (χ4v) is 7.29. The monoisotopic (exact) mass is 843 g/mol. The van der Waals surface area contributed by atoms with Gasteiger partial charge >= 0.3 is 19.8 Å². The Morgan fingerprint density at radius 3 is 1.83 bits per heavy atom. The van der Waals surface area contributed by atoms with Gasteiger partial charge in [0.25, 0.3) is 0 Å². The number of esters is 2. The molecule has 1 aliphatic heterocycles. The molecule has 1 heterocycles. The standard InChI is InChI=1S/C46H83O11P/c1-4-5-6-7-8-9-10-16-19-22-25-28-32-43-44(57-43)33-30-35-46(50)56-42(39-55-58(51,52)54-37-41(48)36-47)38-53-45(49)34-29-26-23-20-17-14-12-11-13-15-18-21-24-27-31-40(2)3/h8-9,16,19,25,28,40-44,47-48H,4-7,10-15,17-18,20-24,26-27,29-39H2,1-3H3,(H,51,52)/b9-8-,19-16-,28-25-/t41-,42+,43?,44?/m0/s1. The van der Waals surface area contributed by atoms with Gasteiger partial charge in [0, 0.05) is 12.8 Å². The number of allylic oxidation sites excluding steroid dienone is 5. The van der Waals surface area contributed by atoms with Crippen LogP contribution in [0.3, 0.4) is 0 Å². The minimum absolute atomic E-state index is 0.0893. The first-order valence-corrected chi connectivity index (χ1v) is 24.4. The van der Waals surface area contributed by atoms with Crippen LogP contribution in [0.15, 0.2) is 36.5 Å². The van der Waals surface area contributed by atoms with Gasteiger partial charge in [-0.1, -0.05) is 160 Å². The van der Waals surface area contributed by atoms with Crippen molar-refractivity contribution in [3.05, 3.63) is 36.5 Å². The minimum atomic E-state index is -4.64. The summed E-state index contributed by atoms with van der Waals surface area (Å²) < 4.78 is 38.5. The SMILES string of the molecule is CCCCC/C=C\C/C=C\C/C=C\CC1OC1CCCC(=O)O[C@H](COC(=O)CCCCCCCCCCCCCCCCC(C)C)COP(=O)(O)OC[C@@H](O)CO. The number of hydrogen-bond donors (Lipinski definition) is 3. The van der Waals surface area contributed by atoms with Crippen LogP contribution in [-0.2, 0) is 37.4 Å². The Morgan fingerprint density at radius 2 is 1.22 bits per heavy atom. The third-order valence-electron chi connectivity index (χ3n) is 10.1. The van der Waals surface area contributed by atoms with Gasteiger partial charge in [-0.05, 0) is 57.3 Å². The van der Waals surface area contributed by atoms with E-state index >= 15 is 0 Å². The predicted octanol–water partition coefficient (Wildman–Crippen LogP) is 11.2. The summed E-state index contributed by atoms with van der Waals surface area (Å²) in [6.07, 6.45) is 38.4. The van der Waals surface area contributed by atoms with E-state index in [-0.39, 0.29) is 31.7 Å². The van der Waals surface area contributed by atoms with Gasteiger partial charge in [-0.3, -0.25) is 18.6 Å². The summed E-state index contributed by atoms with van der Waals surface area (Å²) >= 11 is 0. The Labute approximate surface area is 352 Å². The van der Waals surface area contributed by atoms with Crippen LogP contribution < -0.4 is 0 Å². The van der Waals surface area contributed by atoms with Crippen LogP contribution in [0.4, 0.5) is 0 Å². The number of hydrogen-bond acceptors (Lipinski definition) is 10. The van der Waals surface area contributed by atoms with Crippen LogP contribution in [-0.4, -0.2) is 77.9 Å². The van der Waals surface area contributed by atoms with E-state index < -0.39 is 51.8 Å². The number of phosphoric ester groups is 1. The Balaban J connectivity index is 2.28. The van der Waals surface area contributed by atoms with E-state index in [1.165, 1.54) is 89.9 Å². The lowest BCUT2D eigenvalue weighted by atomic mass is 10.0. The highest BCUT2D eigenvalue weighted by Crippen LogP contribution is 2.43. The fourth-order valence-electron chi connectivity index (χ4n) is 6.50. The fraction of sp³-hybridized carbons (Fsp3) is 0.826. The van der Waals surface area contributed by atoms with E-state index in [2.05, 4.69) is 57.2 Å². The van der Waals surface area contributed by atoms with E-state index in [1.807, 2.05) is 0 Å². The summed E-state index contributed by atoms with van der Waals surface area (Å²) in [5.41, 5.74) is 0. The summed E-state index contributed by atoms with van der Waals surface area (Å²) in [5, 5.41) is 18.4. The second-order valence-corrected chi connectivity index (χ2v) is 17.7. The molecule has 11 nitrogen and oxygen atoms in total. The van der Waals surface area contributed by atoms with Crippen molar-refractivity contribution in [2.24, 2.45) is 5.92 Å². The molecular formula is C46H83O11P. The lowest BCUT2D eigenvalue weighted by Crippen LogP contribution is -2.30. The normalized spacial score (nSPS) is 17.7. The van der Waals surface area contributed by atoms with Gasteiger partial charge in [-0.15, -0.1) is 0 Å². The van der Waals surface area contributed by atoms with E-state index in [9.17, 15) is 24.2 Å². The van der Waals surface area contributed by atoms with Gasteiger partial charge in [0.05, 0.1) is 32.0 Å². The highest BCUT2D eigenvalue weighted by Gasteiger charge is 2.37. The molecule has 3 unspecified atom stereocenters. The lowest BCUT2D eigenvalue weighted by molar-refractivity contribution is -0.161. The van der Waals surface area contributed by atoms with Crippen molar-refractivity contribution in [3.8, 4) is 0 Å². The second kappa shape index (κ2) is 37.0. The predicted molar refractivity (Wildman–Crippen MR) is 232 cm³/mol. The smallest absolute Gasteiger partial charge is 0.462 e. The van der Waals surface area contributed by atoms with Crippen LogP contribution in [0, 0.1) is 5.92 Å². The molecule has 0 aromatic rings. The first kappa shape index (κ1) is 54.2. The van der Waals surface area contributed by atoms with E-state index in [0.717, 1.165) is 50.9 Å². The van der Waals surface area contributed by atoms with Gasteiger partial charge in [-0.2, -0.15) is 0 Å². The van der Waals surface area contributed by atoms with E-state index in [1.54, 1.807) is 0 Å². The molecule has 338 valence electrons. The third-order valence-corrected chi connectivity index (χ3v) is 11.1. The second-order valence-electron chi connectivity index (χ2n) is 16.3. The van der Waals surface area contributed by atoms with Crippen molar-refractivity contribution in [2.45, 2.75) is 212 Å². The van der Waals surface area contributed by atoms with Crippen LogP contribution >= 0.6 is 7.82 Å². The molecule has 5 atom stereocenters. The Hall–Kier alpha value is -1.85. The van der Waals surface area contributed by atoms with Crippen molar-refractivity contribution in [2.75, 3.05) is 26.4 Å². The molecule has 3 N–H and O–H groups in total. The van der Waals surface area contributed by atoms with Crippen molar-refractivity contribution in [3.63, 3.8) is 0 Å². The molecule has 0 radical (unpaired) electrons. The maximum atomic E-state index is 12.7. The number of unbranched alkanes of at least 4 members (excludes halogenated alkanes) is 16. The van der Waals surface area contributed by atoms with Gasteiger partial charge in [0.15, 0.2) is 6.10 Å². The van der Waals surface area contributed by atoms with Crippen molar-refractivity contribution in [1.82, 2.24) is 0 Å². The molecule has 58 heavy (non-hydrogen) atoms. The largest absolute Gasteiger partial charge is 0.472 e. The molecule has 0 saturated carbocycles. The first-order chi connectivity index (χ1) is 28.1. The first-order valence-electron chi connectivity index (χ1n) is 22.9. The number of carbonyl (C=O) groups is 2. The molecule has 0 amide bonds. The minimum Gasteiger partial charge on any atom is -0.462 e. The number of ether oxygens (including phenoxy) is 3. The Bertz CT molecular complexity index is 1140. The zero-order valence-corrected chi connectivity index (χ0v) is 37.5. The molecule has 0 bridgehead atoms.